The molecule has 1 N–H and O–H groups in total. The van der Waals surface area contributed by atoms with E-state index in [9.17, 15) is 14.0 Å². The van der Waals surface area contributed by atoms with E-state index in [-0.39, 0.29) is 10.7 Å². The Morgan fingerprint density at radius 3 is 2.59 bits per heavy atom. The van der Waals surface area contributed by atoms with Gasteiger partial charge in [0.1, 0.15) is 5.82 Å². The van der Waals surface area contributed by atoms with Gasteiger partial charge in [0.15, 0.2) is 0 Å². The van der Waals surface area contributed by atoms with Gasteiger partial charge >= 0.3 is 5.69 Å². The summed E-state index contributed by atoms with van der Waals surface area (Å²) in [4.78, 5) is 25.7. The van der Waals surface area contributed by atoms with Crippen LogP contribution < -0.4 is 11.2 Å². The van der Waals surface area contributed by atoms with Crippen molar-refractivity contribution in [2.45, 2.75) is 6.92 Å². The molecule has 0 aliphatic rings. The third-order valence-electron chi connectivity index (χ3n) is 2.22. The highest BCUT2D eigenvalue weighted by Gasteiger charge is 2.10. The average Bonchev–Trinajstić information content (AvgIpc) is 2.19. The SMILES string of the molecule is Cc1cc(=O)n(-c2ccc(Cl)cc2F)c(=O)[nH]1. The first-order chi connectivity index (χ1) is 7.99. The van der Waals surface area contributed by atoms with Gasteiger partial charge in [-0.15, -0.1) is 0 Å². The third-order valence-corrected chi connectivity index (χ3v) is 2.45. The van der Waals surface area contributed by atoms with Crippen molar-refractivity contribution in [2.24, 2.45) is 0 Å². The first-order valence-electron chi connectivity index (χ1n) is 4.77. The molecule has 0 radical (unpaired) electrons. The lowest BCUT2D eigenvalue weighted by atomic mass is 10.3. The Kier molecular flexibility index (Phi) is 2.85. The summed E-state index contributed by atoms with van der Waals surface area (Å²) in [5, 5.41) is 0.197. The highest BCUT2D eigenvalue weighted by Crippen LogP contribution is 2.15. The molecule has 1 heterocycles. The van der Waals surface area contributed by atoms with Crippen LogP contribution in [0.5, 0.6) is 0 Å². The molecule has 0 aliphatic carbocycles. The molecule has 0 fully saturated rings. The zero-order chi connectivity index (χ0) is 12.6. The van der Waals surface area contributed by atoms with Gasteiger partial charge in [-0.05, 0) is 25.1 Å². The van der Waals surface area contributed by atoms with Crippen LogP contribution in [0.4, 0.5) is 4.39 Å². The molecule has 0 amide bonds. The molecule has 0 atom stereocenters. The maximum Gasteiger partial charge on any atom is 0.333 e. The van der Waals surface area contributed by atoms with Crippen molar-refractivity contribution in [2.75, 3.05) is 0 Å². The number of H-pyrrole nitrogens is 1. The Labute approximate surface area is 100 Å². The minimum Gasteiger partial charge on any atom is -0.311 e. The summed E-state index contributed by atoms with van der Waals surface area (Å²) in [7, 11) is 0. The zero-order valence-corrected chi connectivity index (χ0v) is 9.58. The van der Waals surface area contributed by atoms with E-state index in [0.29, 0.717) is 5.69 Å². The highest BCUT2D eigenvalue weighted by molar-refractivity contribution is 6.30. The second kappa shape index (κ2) is 4.18. The normalized spacial score (nSPS) is 10.5. The van der Waals surface area contributed by atoms with E-state index in [2.05, 4.69) is 4.98 Å². The molecule has 1 aromatic carbocycles. The van der Waals surface area contributed by atoms with Gasteiger partial charge in [0.25, 0.3) is 5.56 Å². The number of nitrogens with one attached hydrogen (secondary N) is 1. The van der Waals surface area contributed by atoms with Gasteiger partial charge in [-0.2, -0.15) is 0 Å². The Morgan fingerprint density at radius 2 is 2.00 bits per heavy atom. The zero-order valence-electron chi connectivity index (χ0n) is 8.83. The second-order valence-corrected chi connectivity index (χ2v) is 3.96. The molecular formula is C11H8ClFN2O2. The first-order valence-corrected chi connectivity index (χ1v) is 5.15. The van der Waals surface area contributed by atoms with E-state index in [1.54, 1.807) is 6.92 Å². The fourth-order valence-electron chi connectivity index (χ4n) is 1.50. The average molecular weight is 255 g/mol. The standard InChI is InChI=1S/C11H8ClFN2O2/c1-6-4-10(16)15(11(17)14-6)9-3-2-7(12)5-8(9)13/h2-5H,1H3,(H,14,17). The van der Waals surface area contributed by atoms with Crippen molar-refractivity contribution in [3.63, 3.8) is 0 Å². The third kappa shape index (κ3) is 2.14. The number of hydrogen-bond acceptors (Lipinski definition) is 2. The summed E-state index contributed by atoms with van der Waals surface area (Å²) >= 11 is 5.60. The number of benzene rings is 1. The number of halogens is 2. The molecule has 0 spiro atoms. The lowest BCUT2D eigenvalue weighted by Gasteiger charge is -2.06. The van der Waals surface area contributed by atoms with Crippen LogP contribution >= 0.6 is 11.6 Å². The quantitative estimate of drug-likeness (QED) is 0.841. The molecule has 4 nitrogen and oxygen atoms in total. The highest BCUT2D eigenvalue weighted by atomic mass is 35.5. The summed E-state index contributed by atoms with van der Waals surface area (Å²) in [5.41, 5.74) is -0.977. The molecule has 0 saturated carbocycles. The number of nitrogens with zero attached hydrogens (tertiary/aromatic N) is 1. The van der Waals surface area contributed by atoms with Gasteiger partial charge in [0.2, 0.25) is 0 Å². The molecule has 88 valence electrons. The van der Waals surface area contributed by atoms with Crippen LogP contribution in [0.25, 0.3) is 5.69 Å². The summed E-state index contributed by atoms with van der Waals surface area (Å²) in [6, 6.07) is 4.95. The van der Waals surface area contributed by atoms with E-state index in [0.717, 1.165) is 10.6 Å². The fraction of sp³-hybridized carbons (Fsp3) is 0.0909. The van der Waals surface area contributed by atoms with E-state index in [1.165, 1.54) is 18.2 Å². The Morgan fingerprint density at radius 1 is 1.29 bits per heavy atom. The molecule has 17 heavy (non-hydrogen) atoms. The van der Waals surface area contributed by atoms with E-state index >= 15 is 0 Å². The van der Waals surface area contributed by atoms with Crippen LogP contribution in [0.2, 0.25) is 5.02 Å². The van der Waals surface area contributed by atoms with Crippen LogP contribution in [0, 0.1) is 12.7 Å². The van der Waals surface area contributed by atoms with Gasteiger partial charge in [0, 0.05) is 16.8 Å². The number of hydrogen-bond donors (Lipinski definition) is 1. The van der Waals surface area contributed by atoms with Crippen LogP contribution in [0.1, 0.15) is 5.69 Å². The second-order valence-electron chi connectivity index (χ2n) is 3.53. The Bertz CT molecular complexity index is 659. The molecule has 2 aromatic rings. The lowest BCUT2D eigenvalue weighted by molar-refractivity contribution is 0.612. The van der Waals surface area contributed by atoms with Crippen molar-refractivity contribution < 1.29 is 4.39 Å². The van der Waals surface area contributed by atoms with Crippen LogP contribution in [0.3, 0.4) is 0 Å². The molecule has 0 aliphatic heterocycles. The summed E-state index contributed by atoms with van der Waals surface area (Å²) in [6.45, 7) is 1.57. The fourth-order valence-corrected chi connectivity index (χ4v) is 1.66. The lowest BCUT2D eigenvalue weighted by Crippen LogP contribution is -2.34. The molecule has 0 unspecified atom stereocenters. The van der Waals surface area contributed by atoms with E-state index in [1.807, 2.05) is 0 Å². The van der Waals surface area contributed by atoms with E-state index in [4.69, 9.17) is 11.6 Å². The molecule has 6 heteroatoms. The molecular weight excluding hydrogens is 247 g/mol. The van der Waals surface area contributed by atoms with Crippen LogP contribution in [0.15, 0.2) is 33.9 Å². The summed E-state index contributed by atoms with van der Waals surface area (Å²) in [6.07, 6.45) is 0. The maximum absolute atomic E-state index is 13.6. The Balaban J connectivity index is 2.78. The van der Waals surface area contributed by atoms with Gasteiger partial charge in [-0.25, -0.2) is 13.8 Å². The van der Waals surface area contributed by atoms with Gasteiger partial charge in [0.05, 0.1) is 5.69 Å². The Hall–Kier alpha value is -1.88. The number of aromatic amines is 1. The summed E-state index contributed by atoms with van der Waals surface area (Å²) in [5.74, 6) is -0.728. The number of aromatic nitrogens is 2. The number of rotatable bonds is 1. The predicted octanol–water partition coefficient (Wildman–Crippen LogP) is 1.63. The topological polar surface area (TPSA) is 54.9 Å². The molecule has 0 saturated heterocycles. The molecule has 0 bridgehead atoms. The van der Waals surface area contributed by atoms with Crippen molar-refractivity contribution in [1.82, 2.24) is 9.55 Å². The van der Waals surface area contributed by atoms with Crippen molar-refractivity contribution >= 4 is 11.6 Å². The maximum atomic E-state index is 13.6. The van der Waals surface area contributed by atoms with Crippen molar-refractivity contribution in [3.8, 4) is 5.69 Å². The van der Waals surface area contributed by atoms with Gasteiger partial charge in [-0.3, -0.25) is 4.79 Å². The molecule has 1 aromatic heterocycles. The van der Waals surface area contributed by atoms with Crippen LogP contribution in [-0.4, -0.2) is 9.55 Å². The van der Waals surface area contributed by atoms with Gasteiger partial charge in [-0.1, -0.05) is 11.6 Å². The van der Waals surface area contributed by atoms with Crippen LogP contribution in [-0.2, 0) is 0 Å². The van der Waals surface area contributed by atoms with Gasteiger partial charge < -0.3 is 4.98 Å². The smallest absolute Gasteiger partial charge is 0.311 e. The van der Waals surface area contributed by atoms with E-state index < -0.39 is 17.1 Å². The largest absolute Gasteiger partial charge is 0.333 e. The van der Waals surface area contributed by atoms with Crippen molar-refractivity contribution in [3.05, 3.63) is 61.6 Å². The van der Waals surface area contributed by atoms with Crippen molar-refractivity contribution in [1.29, 1.82) is 0 Å². The minimum atomic E-state index is -0.728. The minimum absolute atomic E-state index is 0.124. The summed E-state index contributed by atoms with van der Waals surface area (Å²) < 4.78 is 14.3. The monoisotopic (exact) mass is 254 g/mol. The first kappa shape index (κ1) is 11.6. The predicted molar refractivity (Wildman–Crippen MR) is 62.4 cm³/mol. The number of aryl methyl sites for hydroxylation is 1. The molecule has 2 rings (SSSR count).